The van der Waals surface area contributed by atoms with Gasteiger partial charge in [0.2, 0.25) is 0 Å². The van der Waals surface area contributed by atoms with Crippen molar-refractivity contribution in [3.8, 4) is 11.5 Å². The molecule has 32 heavy (non-hydrogen) atoms. The summed E-state index contributed by atoms with van der Waals surface area (Å²) in [6.45, 7) is 0.0196. The molecule has 0 aliphatic heterocycles. The predicted octanol–water partition coefficient (Wildman–Crippen LogP) is 2.43. The molecule has 2 aromatic rings. The Morgan fingerprint density at radius 3 is 2.25 bits per heavy atom. The molecule has 0 aliphatic carbocycles. The third kappa shape index (κ3) is 7.58. The van der Waals surface area contributed by atoms with Crippen LogP contribution in [0.1, 0.15) is 11.7 Å². The molecule has 2 aromatic carbocycles. The summed E-state index contributed by atoms with van der Waals surface area (Å²) >= 11 is 0. The Bertz CT molecular complexity index is 884. The van der Waals surface area contributed by atoms with Crippen molar-refractivity contribution < 1.29 is 38.9 Å². The SMILES string of the molecule is COc1ccc(NC(=O)O[C@H](c2ccc(OCCO)cc2)[C@@H](/C=C/C(=O)NO)OC)cc1. The molecule has 2 rings (SSSR count). The number of hydrogen-bond donors (Lipinski definition) is 4. The number of carbonyl (C=O) groups excluding carboxylic acids is 2. The van der Waals surface area contributed by atoms with Crippen molar-refractivity contribution in [2.24, 2.45) is 0 Å². The van der Waals surface area contributed by atoms with Crippen LogP contribution >= 0.6 is 0 Å². The van der Waals surface area contributed by atoms with Gasteiger partial charge in [0, 0.05) is 18.9 Å². The second-order valence-corrected chi connectivity index (χ2v) is 6.36. The fraction of sp³-hybridized carbons (Fsp3) is 0.273. The molecule has 0 saturated heterocycles. The van der Waals surface area contributed by atoms with E-state index in [1.165, 1.54) is 25.8 Å². The molecule has 0 fully saturated rings. The number of ether oxygens (including phenoxy) is 4. The highest BCUT2D eigenvalue weighted by molar-refractivity contribution is 5.86. The van der Waals surface area contributed by atoms with Crippen LogP contribution in [0.2, 0.25) is 0 Å². The summed E-state index contributed by atoms with van der Waals surface area (Å²) in [5.74, 6) is 0.395. The average molecular weight is 446 g/mol. The standard InChI is InChI=1S/C22H26N2O8/c1-29-17-9-5-16(6-10-17)23-22(27)32-21(19(30-2)11-12-20(26)24-28)15-3-7-18(8-4-15)31-14-13-25/h3-12,19,21,25,28H,13-14H2,1-2H3,(H,23,27)(H,24,26)/b12-11+/t19-,21-/m1/s1. The Balaban J connectivity index is 2.22. The van der Waals surface area contributed by atoms with E-state index in [2.05, 4.69) is 5.32 Å². The van der Waals surface area contributed by atoms with Gasteiger partial charge in [0.15, 0.2) is 6.10 Å². The minimum Gasteiger partial charge on any atom is -0.497 e. The van der Waals surface area contributed by atoms with Crippen LogP contribution in [0.4, 0.5) is 10.5 Å². The topological polar surface area (TPSA) is 136 Å². The zero-order chi connectivity index (χ0) is 23.3. The van der Waals surface area contributed by atoms with Gasteiger partial charge in [0.1, 0.15) is 24.2 Å². The molecule has 0 spiro atoms. The largest absolute Gasteiger partial charge is 0.497 e. The zero-order valence-electron chi connectivity index (χ0n) is 17.7. The predicted molar refractivity (Wildman–Crippen MR) is 115 cm³/mol. The van der Waals surface area contributed by atoms with E-state index in [4.69, 9.17) is 29.3 Å². The number of carbonyl (C=O) groups is 2. The second kappa shape index (κ2) is 13.0. The van der Waals surface area contributed by atoms with E-state index in [1.54, 1.807) is 48.5 Å². The maximum Gasteiger partial charge on any atom is 0.412 e. The van der Waals surface area contributed by atoms with Crippen LogP contribution in [0.5, 0.6) is 11.5 Å². The summed E-state index contributed by atoms with van der Waals surface area (Å²) < 4.78 is 21.4. The number of aliphatic hydroxyl groups excluding tert-OH is 1. The normalized spacial score (nSPS) is 12.6. The number of amides is 2. The molecule has 0 radical (unpaired) electrons. The maximum absolute atomic E-state index is 12.6. The molecule has 2 atom stereocenters. The first-order valence-corrected chi connectivity index (χ1v) is 9.61. The fourth-order valence-corrected chi connectivity index (χ4v) is 2.70. The third-order valence-corrected chi connectivity index (χ3v) is 4.26. The van der Waals surface area contributed by atoms with Crippen molar-refractivity contribution in [2.45, 2.75) is 12.2 Å². The van der Waals surface area contributed by atoms with E-state index < -0.39 is 24.2 Å². The van der Waals surface area contributed by atoms with Crippen molar-refractivity contribution in [1.29, 1.82) is 0 Å². The molecule has 0 heterocycles. The highest BCUT2D eigenvalue weighted by atomic mass is 16.6. The summed E-state index contributed by atoms with van der Waals surface area (Å²) in [7, 11) is 2.93. The van der Waals surface area contributed by atoms with E-state index in [1.807, 2.05) is 0 Å². The van der Waals surface area contributed by atoms with Gasteiger partial charge in [0.05, 0.1) is 13.7 Å². The van der Waals surface area contributed by atoms with Crippen LogP contribution < -0.4 is 20.3 Å². The number of methoxy groups -OCH3 is 2. The van der Waals surface area contributed by atoms with Crippen molar-refractivity contribution in [1.82, 2.24) is 5.48 Å². The lowest BCUT2D eigenvalue weighted by Crippen LogP contribution is -2.27. The molecule has 10 nitrogen and oxygen atoms in total. The molecule has 0 aromatic heterocycles. The van der Waals surface area contributed by atoms with E-state index in [0.29, 0.717) is 22.7 Å². The quantitative estimate of drug-likeness (QED) is 0.235. The lowest BCUT2D eigenvalue weighted by molar-refractivity contribution is -0.124. The Morgan fingerprint density at radius 1 is 1.03 bits per heavy atom. The molecule has 172 valence electrons. The molecule has 2 amide bonds. The summed E-state index contributed by atoms with van der Waals surface area (Å²) in [4.78, 5) is 23.9. The highest BCUT2D eigenvalue weighted by Gasteiger charge is 2.26. The van der Waals surface area contributed by atoms with Gasteiger partial charge < -0.3 is 24.1 Å². The highest BCUT2D eigenvalue weighted by Crippen LogP contribution is 2.27. The number of rotatable bonds is 11. The average Bonchev–Trinajstić information content (AvgIpc) is 2.83. The molecular formula is C22H26N2O8. The van der Waals surface area contributed by atoms with Crippen LogP contribution in [0.15, 0.2) is 60.7 Å². The van der Waals surface area contributed by atoms with Crippen molar-refractivity contribution in [3.05, 3.63) is 66.2 Å². The Hall–Kier alpha value is -3.60. The van der Waals surface area contributed by atoms with Crippen LogP contribution in [-0.2, 0) is 14.3 Å². The van der Waals surface area contributed by atoms with E-state index in [-0.39, 0.29) is 13.2 Å². The summed E-state index contributed by atoms with van der Waals surface area (Å²) in [5, 5.41) is 20.2. The first-order valence-electron chi connectivity index (χ1n) is 9.61. The van der Waals surface area contributed by atoms with Crippen molar-refractivity contribution in [3.63, 3.8) is 0 Å². The minimum absolute atomic E-state index is 0.123. The first kappa shape index (κ1) is 24.7. The Morgan fingerprint density at radius 2 is 1.69 bits per heavy atom. The Kier molecular flexibility index (Phi) is 9.98. The van der Waals surface area contributed by atoms with E-state index in [9.17, 15) is 9.59 Å². The zero-order valence-corrected chi connectivity index (χ0v) is 17.7. The van der Waals surface area contributed by atoms with Gasteiger partial charge in [-0.2, -0.15) is 0 Å². The van der Waals surface area contributed by atoms with E-state index >= 15 is 0 Å². The van der Waals surface area contributed by atoms with Gasteiger partial charge in [-0.05, 0) is 48.0 Å². The molecule has 0 bridgehead atoms. The smallest absolute Gasteiger partial charge is 0.412 e. The lowest BCUT2D eigenvalue weighted by atomic mass is 10.0. The number of aliphatic hydroxyl groups is 1. The molecule has 0 saturated carbocycles. The van der Waals surface area contributed by atoms with Crippen LogP contribution in [0.3, 0.4) is 0 Å². The lowest BCUT2D eigenvalue weighted by Gasteiger charge is -2.24. The van der Waals surface area contributed by atoms with E-state index in [0.717, 1.165) is 6.08 Å². The van der Waals surface area contributed by atoms with Gasteiger partial charge in [-0.15, -0.1) is 0 Å². The van der Waals surface area contributed by atoms with Crippen molar-refractivity contribution >= 4 is 17.7 Å². The molecule has 10 heteroatoms. The molecule has 0 unspecified atom stereocenters. The van der Waals surface area contributed by atoms with Gasteiger partial charge in [0.25, 0.3) is 5.91 Å². The van der Waals surface area contributed by atoms with Gasteiger partial charge in [-0.1, -0.05) is 12.1 Å². The van der Waals surface area contributed by atoms with Crippen LogP contribution in [0, 0.1) is 0 Å². The molecule has 4 N–H and O–H groups in total. The van der Waals surface area contributed by atoms with Crippen molar-refractivity contribution in [2.75, 3.05) is 32.8 Å². The summed E-state index contributed by atoms with van der Waals surface area (Å²) in [5.41, 5.74) is 2.54. The second-order valence-electron chi connectivity index (χ2n) is 6.36. The summed E-state index contributed by atoms with van der Waals surface area (Å²) in [6.07, 6.45) is -0.119. The Labute approximate surface area is 185 Å². The van der Waals surface area contributed by atoms with Crippen LogP contribution in [-0.4, -0.2) is 55.9 Å². The van der Waals surface area contributed by atoms with Crippen LogP contribution in [0.25, 0.3) is 0 Å². The van der Waals surface area contributed by atoms with Gasteiger partial charge >= 0.3 is 6.09 Å². The third-order valence-electron chi connectivity index (χ3n) is 4.26. The number of nitrogens with one attached hydrogen (secondary N) is 2. The van der Waals surface area contributed by atoms with Gasteiger partial charge in [-0.25, -0.2) is 10.3 Å². The maximum atomic E-state index is 12.6. The monoisotopic (exact) mass is 446 g/mol. The number of hydroxylamine groups is 1. The number of benzene rings is 2. The molecule has 0 aliphatic rings. The molecular weight excluding hydrogens is 420 g/mol. The first-order chi connectivity index (χ1) is 15.5. The number of hydrogen-bond acceptors (Lipinski definition) is 8. The number of anilines is 1. The minimum atomic E-state index is -0.937. The van der Waals surface area contributed by atoms with Gasteiger partial charge in [-0.3, -0.25) is 15.3 Å². The summed E-state index contributed by atoms with van der Waals surface area (Å²) in [6, 6.07) is 13.3. The fourth-order valence-electron chi connectivity index (χ4n) is 2.70.